The van der Waals surface area contributed by atoms with Gasteiger partial charge in [-0.05, 0) is 44.2 Å². The van der Waals surface area contributed by atoms with E-state index in [9.17, 15) is 8.42 Å². The normalized spacial score (nSPS) is 21.2. The lowest BCUT2D eigenvalue weighted by Gasteiger charge is -2.38. The minimum absolute atomic E-state index is 0.238. The number of rotatable bonds is 3. The van der Waals surface area contributed by atoms with Gasteiger partial charge in [-0.15, -0.1) is 0 Å². The van der Waals surface area contributed by atoms with Gasteiger partial charge in [0.15, 0.2) is 0 Å². The van der Waals surface area contributed by atoms with E-state index in [0.29, 0.717) is 17.0 Å². The predicted octanol–water partition coefficient (Wildman–Crippen LogP) is 3.19. The second-order valence-corrected chi connectivity index (χ2v) is 8.98. The summed E-state index contributed by atoms with van der Waals surface area (Å²) in [6, 6.07) is 17.1. The fraction of sp³-hybridized carbons (Fsp3) is 0.300. The lowest BCUT2D eigenvalue weighted by atomic mass is 10.1. The molecule has 4 rings (SSSR count). The topological polar surface area (TPSA) is 65.2 Å². The Labute approximate surface area is 153 Å². The third-order valence-electron chi connectivity index (χ3n) is 4.86. The first-order valence-electron chi connectivity index (χ1n) is 8.88. The van der Waals surface area contributed by atoms with Crippen LogP contribution in [0.25, 0.3) is 10.9 Å². The molecule has 2 unspecified atom stereocenters. The first kappa shape index (κ1) is 17.1. The highest BCUT2D eigenvalue weighted by atomic mass is 32.2. The van der Waals surface area contributed by atoms with Crippen LogP contribution in [0.3, 0.4) is 0 Å². The van der Waals surface area contributed by atoms with Crippen molar-refractivity contribution in [3.8, 4) is 0 Å². The van der Waals surface area contributed by atoms with Crippen molar-refractivity contribution in [3.05, 3.63) is 54.6 Å². The summed E-state index contributed by atoms with van der Waals surface area (Å²) < 4.78 is 25.9. The molecule has 6 heteroatoms. The lowest BCUT2D eigenvalue weighted by molar-refractivity contribution is 0.407. The van der Waals surface area contributed by atoms with Gasteiger partial charge in [0.25, 0.3) is 0 Å². The second kappa shape index (κ2) is 6.45. The number of benzene rings is 2. The monoisotopic (exact) mass is 369 g/mol. The fourth-order valence-corrected chi connectivity index (χ4v) is 5.07. The summed E-state index contributed by atoms with van der Waals surface area (Å²) >= 11 is 0. The van der Waals surface area contributed by atoms with E-state index in [1.54, 1.807) is 30.3 Å². The Morgan fingerprint density at radius 2 is 1.65 bits per heavy atom. The van der Waals surface area contributed by atoms with Crippen LogP contribution in [0.4, 0.5) is 5.69 Å². The molecule has 1 aromatic heterocycles. The van der Waals surface area contributed by atoms with E-state index < -0.39 is 9.84 Å². The summed E-state index contributed by atoms with van der Waals surface area (Å²) in [5.74, 6) is 0. The highest BCUT2D eigenvalue weighted by Gasteiger charge is 2.25. The van der Waals surface area contributed by atoms with E-state index in [0.717, 1.165) is 29.7 Å². The largest absolute Gasteiger partial charge is 0.368 e. The van der Waals surface area contributed by atoms with Gasteiger partial charge < -0.3 is 15.2 Å². The summed E-state index contributed by atoms with van der Waals surface area (Å²) in [7, 11) is -3.56. The first-order valence-corrected chi connectivity index (χ1v) is 10.4. The molecular weight excluding hydrogens is 346 g/mol. The van der Waals surface area contributed by atoms with Gasteiger partial charge in [0, 0.05) is 41.8 Å². The maximum atomic E-state index is 12.9. The average Bonchev–Trinajstić information content (AvgIpc) is 3.06. The van der Waals surface area contributed by atoms with Crippen molar-refractivity contribution in [2.45, 2.75) is 35.9 Å². The number of nitrogens with zero attached hydrogens (tertiary/aromatic N) is 1. The summed E-state index contributed by atoms with van der Waals surface area (Å²) in [4.78, 5) is 5.74. The molecule has 1 fully saturated rings. The Hall–Kier alpha value is -2.31. The van der Waals surface area contributed by atoms with Gasteiger partial charge >= 0.3 is 0 Å². The molecule has 0 saturated carbocycles. The lowest BCUT2D eigenvalue weighted by Crippen LogP contribution is -2.54. The van der Waals surface area contributed by atoms with E-state index in [2.05, 4.69) is 35.1 Å². The Kier molecular flexibility index (Phi) is 4.25. The SMILES string of the molecule is CC1CN(c2cccc3[nH]c(S(=O)(=O)c4ccccc4)cc23)CC(C)N1. The summed E-state index contributed by atoms with van der Waals surface area (Å²) in [6.45, 7) is 6.14. The van der Waals surface area contributed by atoms with E-state index in [1.165, 1.54) is 0 Å². The third kappa shape index (κ3) is 2.99. The van der Waals surface area contributed by atoms with Crippen molar-refractivity contribution in [3.63, 3.8) is 0 Å². The molecule has 0 radical (unpaired) electrons. The molecule has 136 valence electrons. The van der Waals surface area contributed by atoms with Gasteiger partial charge in [0.1, 0.15) is 5.03 Å². The van der Waals surface area contributed by atoms with Gasteiger partial charge in [-0.25, -0.2) is 8.42 Å². The van der Waals surface area contributed by atoms with Gasteiger partial charge in [-0.3, -0.25) is 0 Å². The zero-order valence-electron chi connectivity index (χ0n) is 14.9. The zero-order valence-corrected chi connectivity index (χ0v) is 15.8. The number of piperazine rings is 1. The quantitative estimate of drug-likeness (QED) is 0.744. The number of sulfone groups is 1. The molecule has 0 bridgehead atoms. The Morgan fingerprint density at radius 3 is 2.35 bits per heavy atom. The molecule has 2 heterocycles. The van der Waals surface area contributed by atoms with Crippen molar-refractivity contribution in [2.24, 2.45) is 0 Å². The molecule has 1 aliphatic rings. The van der Waals surface area contributed by atoms with Crippen LogP contribution in [0.1, 0.15) is 13.8 Å². The Morgan fingerprint density at radius 1 is 0.962 bits per heavy atom. The number of nitrogens with one attached hydrogen (secondary N) is 2. The molecule has 5 nitrogen and oxygen atoms in total. The number of aromatic nitrogens is 1. The standard InChI is InChI=1S/C20H23N3O2S/c1-14-12-23(13-15(2)21-14)19-10-6-9-18-17(19)11-20(22-18)26(24,25)16-7-4-3-5-8-16/h3-11,14-15,21-22H,12-13H2,1-2H3. The average molecular weight is 369 g/mol. The predicted molar refractivity (Wildman–Crippen MR) is 104 cm³/mol. The third-order valence-corrected chi connectivity index (χ3v) is 6.55. The van der Waals surface area contributed by atoms with Crippen LogP contribution in [0, 0.1) is 0 Å². The van der Waals surface area contributed by atoms with Gasteiger partial charge in [-0.1, -0.05) is 24.3 Å². The van der Waals surface area contributed by atoms with Crippen LogP contribution in [-0.4, -0.2) is 38.6 Å². The van der Waals surface area contributed by atoms with Crippen molar-refractivity contribution in [2.75, 3.05) is 18.0 Å². The number of anilines is 1. The van der Waals surface area contributed by atoms with Crippen LogP contribution >= 0.6 is 0 Å². The second-order valence-electron chi connectivity index (χ2n) is 7.06. The molecule has 26 heavy (non-hydrogen) atoms. The number of H-pyrrole nitrogens is 1. The van der Waals surface area contributed by atoms with E-state index >= 15 is 0 Å². The minimum Gasteiger partial charge on any atom is -0.368 e. The Bertz CT molecular complexity index is 1020. The maximum Gasteiger partial charge on any atom is 0.221 e. The summed E-state index contributed by atoms with van der Waals surface area (Å²) in [6.07, 6.45) is 0. The van der Waals surface area contributed by atoms with E-state index in [-0.39, 0.29) is 5.03 Å². The molecule has 2 aromatic carbocycles. The van der Waals surface area contributed by atoms with Crippen LogP contribution in [0.5, 0.6) is 0 Å². The van der Waals surface area contributed by atoms with E-state index in [4.69, 9.17) is 0 Å². The number of fused-ring (bicyclic) bond motifs is 1. The number of aromatic amines is 1. The van der Waals surface area contributed by atoms with Crippen molar-refractivity contribution in [1.82, 2.24) is 10.3 Å². The molecule has 1 aliphatic heterocycles. The molecule has 0 aliphatic carbocycles. The summed E-state index contributed by atoms with van der Waals surface area (Å²) in [5.41, 5.74) is 1.92. The molecular formula is C20H23N3O2S. The fourth-order valence-electron chi connectivity index (χ4n) is 3.78. The molecule has 1 saturated heterocycles. The van der Waals surface area contributed by atoms with E-state index in [1.807, 2.05) is 18.2 Å². The molecule has 3 aromatic rings. The number of hydrogen-bond acceptors (Lipinski definition) is 4. The Balaban J connectivity index is 1.79. The smallest absolute Gasteiger partial charge is 0.221 e. The molecule has 0 amide bonds. The highest BCUT2D eigenvalue weighted by Crippen LogP contribution is 2.32. The van der Waals surface area contributed by atoms with Crippen LogP contribution in [0.15, 0.2) is 64.5 Å². The van der Waals surface area contributed by atoms with Crippen LogP contribution in [-0.2, 0) is 9.84 Å². The first-order chi connectivity index (χ1) is 12.4. The highest BCUT2D eigenvalue weighted by molar-refractivity contribution is 7.91. The van der Waals surface area contributed by atoms with Crippen LogP contribution in [0.2, 0.25) is 0 Å². The van der Waals surface area contributed by atoms with Gasteiger partial charge in [0.05, 0.1) is 4.90 Å². The summed E-state index contributed by atoms with van der Waals surface area (Å²) in [5, 5.41) is 4.72. The maximum absolute atomic E-state index is 12.9. The number of hydrogen-bond donors (Lipinski definition) is 2. The minimum atomic E-state index is -3.56. The van der Waals surface area contributed by atoms with Crippen molar-refractivity contribution < 1.29 is 8.42 Å². The van der Waals surface area contributed by atoms with Gasteiger partial charge in [0.2, 0.25) is 9.84 Å². The molecule has 2 atom stereocenters. The van der Waals surface area contributed by atoms with Crippen molar-refractivity contribution in [1.29, 1.82) is 0 Å². The molecule has 0 spiro atoms. The molecule has 2 N–H and O–H groups in total. The van der Waals surface area contributed by atoms with Gasteiger partial charge in [-0.2, -0.15) is 0 Å². The van der Waals surface area contributed by atoms with Crippen molar-refractivity contribution >= 4 is 26.4 Å². The zero-order chi connectivity index (χ0) is 18.3. The van der Waals surface area contributed by atoms with Crippen LogP contribution < -0.4 is 10.2 Å².